The average molecular weight is 240 g/mol. The Labute approximate surface area is 92.5 Å². The summed E-state index contributed by atoms with van der Waals surface area (Å²) in [5.41, 5.74) is 0. The molecule has 0 aliphatic carbocycles. The van der Waals surface area contributed by atoms with Gasteiger partial charge >= 0.3 is 0 Å². The second-order valence-corrected chi connectivity index (χ2v) is 6.72. The molecule has 0 saturated carbocycles. The molecule has 0 aliphatic rings. The monoisotopic (exact) mass is 240 g/mol. The molecule has 0 saturated heterocycles. The second kappa shape index (κ2) is 10.2. The van der Waals surface area contributed by atoms with Gasteiger partial charge in [-0.15, -0.1) is 0 Å². The van der Waals surface area contributed by atoms with Gasteiger partial charge in [-0.05, 0) is 24.3 Å². The molecule has 0 aromatic carbocycles. The van der Waals surface area contributed by atoms with Gasteiger partial charge in [-0.25, -0.2) is 0 Å². The van der Waals surface area contributed by atoms with Gasteiger partial charge < -0.3 is 0 Å². The van der Waals surface area contributed by atoms with Crippen molar-refractivity contribution in [3.8, 4) is 0 Å². The molecule has 0 aliphatic heterocycles. The smallest absolute Gasteiger partial charge is 0.0603 e. The molecular formula is C8H16S4. The van der Waals surface area contributed by atoms with E-state index >= 15 is 0 Å². The Morgan fingerprint density at radius 3 is 2.58 bits per heavy atom. The third-order valence-corrected chi connectivity index (χ3v) is 6.12. The first-order valence-electron chi connectivity index (χ1n) is 3.84. The van der Waals surface area contributed by atoms with Crippen LogP contribution in [0.3, 0.4) is 0 Å². The fraction of sp³-hybridized carbons (Fsp3) is 0.750. The van der Waals surface area contributed by atoms with Gasteiger partial charge in [-0.3, -0.25) is 0 Å². The van der Waals surface area contributed by atoms with E-state index < -0.39 is 0 Å². The van der Waals surface area contributed by atoms with Gasteiger partial charge in [0, 0.05) is 5.75 Å². The fourth-order valence-electron chi connectivity index (χ4n) is 0.543. The minimum absolute atomic E-state index is 0.744. The molecular weight excluding hydrogens is 224 g/mol. The standard InChI is InChI=1S/C8H16S4/c1-4-8(10-3)12-11-7-5-6-9-2/h5,7-8H,4,6H2,1-3H3/t8-/m1/s1. The van der Waals surface area contributed by atoms with Crippen molar-refractivity contribution in [3.63, 3.8) is 0 Å². The summed E-state index contributed by atoms with van der Waals surface area (Å²) in [7, 11) is 3.81. The summed E-state index contributed by atoms with van der Waals surface area (Å²) in [6, 6.07) is 0. The van der Waals surface area contributed by atoms with Crippen molar-refractivity contribution >= 4 is 45.1 Å². The maximum atomic E-state index is 2.24. The van der Waals surface area contributed by atoms with E-state index in [0.717, 1.165) is 10.3 Å². The molecule has 0 aromatic rings. The van der Waals surface area contributed by atoms with Crippen molar-refractivity contribution in [2.75, 3.05) is 18.3 Å². The first-order valence-corrected chi connectivity index (χ1v) is 8.79. The van der Waals surface area contributed by atoms with Crippen molar-refractivity contribution in [2.24, 2.45) is 0 Å². The van der Waals surface area contributed by atoms with Crippen LogP contribution in [0.25, 0.3) is 0 Å². The van der Waals surface area contributed by atoms with Crippen molar-refractivity contribution in [1.29, 1.82) is 0 Å². The van der Waals surface area contributed by atoms with E-state index in [1.165, 1.54) is 6.42 Å². The Morgan fingerprint density at radius 2 is 2.08 bits per heavy atom. The summed E-state index contributed by atoms with van der Waals surface area (Å²) in [5.74, 6) is 1.13. The van der Waals surface area contributed by atoms with E-state index in [2.05, 4.69) is 30.9 Å². The number of rotatable bonds is 7. The first-order chi connectivity index (χ1) is 5.85. The van der Waals surface area contributed by atoms with E-state index in [4.69, 9.17) is 0 Å². The molecule has 0 nitrogen and oxygen atoms in total. The van der Waals surface area contributed by atoms with Crippen molar-refractivity contribution in [2.45, 2.75) is 17.9 Å². The number of hydrogen-bond acceptors (Lipinski definition) is 4. The van der Waals surface area contributed by atoms with Crippen LogP contribution in [0.15, 0.2) is 11.5 Å². The maximum Gasteiger partial charge on any atom is 0.0603 e. The quantitative estimate of drug-likeness (QED) is 0.479. The lowest BCUT2D eigenvalue weighted by Crippen LogP contribution is -1.88. The van der Waals surface area contributed by atoms with Crippen LogP contribution in [0.5, 0.6) is 0 Å². The Kier molecular flexibility index (Phi) is 11.2. The van der Waals surface area contributed by atoms with Gasteiger partial charge in [0.05, 0.1) is 4.58 Å². The van der Waals surface area contributed by atoms with Gasteiger partial charge in [0.2, 0.25) is 0 Å². The van der Waals surface area contributed by atoms with E-state index in [9.17, 15) is 0 Å². The van der Waals surface area contributed by atoms with E-state index in [-0.39, 0.29) is 0 Å². The predicted molar refractivity (Wildman–Crippen MR) is 70.3 cm³/mol. The summed E-state index contributed by atoms with van der Waals surface area (Å²) in [6.45, 7) is 2.24. The highest BCUT2D eigenvalue weighted by Crippen LogP contribution is 2.35. The van der Waals surface area contributed by atoms with E-state index in [0.29, 0.717) is 0 Å². The lowest BCUT2D eigenvalue weighted by atomic mass is 10.6. The minimum atomic E-state index is 0.744. The summed E-state index contributed by atoms with van der Waals surface area (Å²) in [6.07, 6.45) is 7.76. The van der Waals surface area contributed by atoms with Crippen molar-refractivity contribution < 1.29 is 0 Å². The highest BCUT2D eigenvalue weighted by molar-refractivity contribution is 8.79. The van der Waals surface area contributed by atoms with Gasteiger partial charge in [0.25, 0.3) is 0 Å². The molecule has 0 radical (unpaired) electrons. The molecule has 0 fully saturated rings. The molecule has 0 spiro atoms. The summed E-state index contributed by atoms with van der Waals surface area (Å²) >= 11 is 3.79. The van der Waals surface area contributed by atoms with Crippen LogP contribution in [0.1, 0.15) is 13.3 Å². The first kappa shape index (κ1) is 13.1. The molecule has 0 bridgehead atoms. The zero-order valence-electron chi connectivity index (χ0n) is 7.78. The molecule has 0 heterocycles. The molecule has 0 amide bonds. The largest absolute Gasteiger partial charge is 0.161 e. The average Bonchev–Trinajstić information content (AvgIpc) is 2.11. The highest BCUT2D eigenvalue weighted by atomic mass is 33.1. The molecule has 1 atom stereocenters. The van der Waals surface area contributed by atoms with E-state index in [1.54, 1.807) is 0 Å². The molecule has 4 heteroatoms. The topological polar surface area (TPSA) is 0 Å². The van der Waals surface area contributed by atoms with Crippen LogP contribution in [-0.2, 0) is 0 Å². The summed E-state index contributed by atoms with van der Waals surface area (Å²) in [4.78, 5) is 0. The molecule has 0 N–H and O–H groups in total. The van der Waals surface area contributed by atoms with Crippen LogP contribution < -0.4 is 0 Å². The van der Waals surface area contributed by atoms with Crippen LogP contribution in [0, 0.1) is 0 Å². The Bertz CT molecular complexity index is 110. The normalized spacial score (nSPS) is 13.9. The van der Waals surface area contributed by atoms with Gasteiger partial charge in [0.1, 0.15) is 0 Å². The fourth-order valence-corrected chi connectivity index (χ4v) is 4.42. The molecule has 12 heavy (non-hydrogen) atoms. The SMILES string of the molecule is CC[C@H](SC)SSC=CCSC. The summed E-state index contributed by atoms with van der Waals surface area (Å²) < 4.78 is 0.744. The Balaban J connectivity index is 3.27. The third-order valence-electron chi connectivity index (χ3n) is 1.17. The number of hydrogen-bond donors (Lipinski definition) is 0. The highest BCUT2D eigenvalue weighted by Gasteiger charge is 2.02. The number of thioether (sulfide) groups is 2. The van der Waals surface area contributed by atoms with Crippen LogP contribution >= 0.6 is 45.1 Å². The van der Waals surface area contributed by atoms with Crippen LogP contribution in [-0.4, -0.2) is 22.8 Å². The predicted octanol–water partition coefficient (Wildman–Crippen LogP) is 4.34. The molecule has 0 aromatic heterocycles. The minimum Gasteiger partial charge on any atom is -0.161 e. The van der Waals surface area contributed by atoms with Gasteiger partial charge in [-0.2, -0.15) is 23.5 Å². The van der Waals surface area contributed by atoms with Crippen molar-refractivity contribution in [1.82, 2.24) is 0 Å². The van der Waals surface area contributed by atoms with Crippen molar-refractivity contribution in [3.05, 3.63) is 11.5 Å². The third kappa shape index (κ3) is 7.77. The summed E-state index contributed by atoms with van der Waals surface area (Å²) in [5, 5.41) is 2.19. The Hall–Kier alpha value is 1.14. The van der Waals surface area contributed by atoms with E-state index in [1.807, 2.05) is 45.1 Å². The molecule has 0 rings (SSSR count). The van der Waals surface area contributed by atoms with Crippen LogP contribution in [0.4, 0.5) is 0 Å². The zero-order valence-corrected chi connectivity index (χ0v) is 11.0. The lowest BCUT2D eigenvalue weighted by molar-refractivity contribution is 1.06. The lowest BCUT2D eigenvalue weighted by Gasteiger charge is -2.07. The second-order valence-electron chi connectivity index (χ2n) is 2.09. The zero-order chi connectivity index (χ0) is 9.23. The van der Waals surface area contributed by atoms with Gasteiger partial charge in [0.15, 0.2) is 0 Å². The molecule has 72 valence electrons. The maximum absolute atomic E-state index is 2.24. The van der Waals surface area contributed by atoms with Gasteiger partial charge in [-0.1, -0.05) is 34.6 Å². The molecule has 0 unspecified atom stereocenters. The Morgan fingerprint density at radius 1 is 1.33 bits per heavy atom. The van der Waals surface area contributed by atoms with Crippen LogP contribution in [0.2, 0.25) is 0 Å².